The van der Waals surface area contributed by atoms with Crippen LogP contribution in [0.4, 0.5) is 0 Å². The topological polar surface area (TPSA) is 15.3 Å². The minimum atomic E-state index is 0.718. The van der Waals surface area contributed by atoms with E-state index in [-0.39, 0.29) is 0 Å². The second-order valence-corrected chi connectivity index (χ2v) is 4.05. The SMILES string of the molecule is CN(Cc1ccccc1)[C@H]1CCNC1. The number of nitrogens with zero attached hydrogens (tertiary/aromatic N) is 1. The Bertz CT molecular complexity index is 265. The molecule has 0 amide bonds. The van der Waals surface area contributed by atoms with Crippen LogP contribution in [-0.4, -0.2) is 31.1 Å². The summed E-state index contributed by atoms with van der Waals surface area (Å²) in [5, 5.41) is 3.40. The van der Waals surface area contributed by atoms with E-state index < -0.39 is 0 Å². The van der Waals surface area contributed by atoms with Crippen molar-refractivity contribution >= 4 is 0 Å². The van der Waals surface area contributed by atoms with Gasteiger partial charge in [-0.2, -0.15) is 0 Å². The van der Waals surface area contributed by atoms with Gasteiger partial charge in [-0.3, -0.25) is 4.90 Å². The van der Waals surface area contributed by atoms with E-state index in [4.69, 9.17) is 0 Å². The Morgan fingerprint density at radius 2 is 2.14 bits per heavy atom. The normalized spacial score (nSPS) is 21.7. The average Bonchev–Trinajstić information content (AvgIpc) is 2.72. The molecule has 1 aromatic rings. The number of nitrogens with one attached hydrogen (secondary N) is 1. The lowest BCUT2D eigenvalue weighted by Crippen LogP contribution is -2.32. The third-order valence-electron chi connectivity index (χ3n) is 2.93. The molecule has 0 saturated carbocycles. The first-order valence-electron chi connectivity index (χ1n) is 5.31. The molecule has 1 saturated heterocycles. The van der Waals surface area contributed by atoms with Crippen molar-refractivity contribution in [1.29, 1.82) is 0 Å². The first kappa shape index (κ1) is 9.69. The number of benzene rings is 1. The van der Waals surface area contributed by atoms with Gasteiger partial charge in [0.1, 0.15) is 0 Å². The summed E-state index contributed by atoms with van der Waals surface area (Å²) in [7, 11) is 2.21. The van der Waals surface area contributed by atoms with Gasteiger partial charge in [0.05, 0.1) is 0 Å². The molecule has 1 heterocycles. The molecule has 1 aromatic carbocycles. The highest BCUT2D eigenvalue weighted by Crippen LogP contribution is 2.10. The molecule has 0 bridgehead atoms. The monoisotopic (exact) mass is 190 g/mol. The molecule has 2 nitrogen and oxygen atoms in total. The third kappa shape index (κ3) is 2.34. The number of hydrogen-bond acceptors (Lipinski definition) is 2. The third-order valence-corrected chi connectivity index (χ3v) is 2.93. The molecule has 14 heavy (non-hydrogen) atoms. The van der Waals surface area contributed by atoms with Gasteiger partial charge in [0.2, 0.25) is 0 Å². The van der Waals surface area contributed by atoms with Gasteiger partial charge in [0.25, 0.3) is 0 Å². The van der Waals surface area contributed by atoms with Crippen molar-refractivity contribution in [2.24, 2.45) is 0 Å². The summed E-state index contributed by atoms with van der Waals surface area (Å²) in [6.45, 7) is 3.38. The molecule has 2 heteroatoms. The highest BCUT2D eigenvalue weighted by Gasteiger charge is 2.18. The Kier molecular flexibility index (Phi) is 3.17. The van der Waals surface area contributed by atoms with E-state index >= 15 is 0 Å². The van der Waals surface area contributed by atoms with E-state index in [9.17, 15) is 0 Å². The molecule has 1 aliphatic heterocycles. The van der Waals surface area contributed by atoms with Crippen LogP contribution in [0, 0.1) is 0 Å². The molecule has 0 radical (unpaired) electrons. The molecule has 0 aromatic heterocycles. The van der Waals surface area contributed by atoms with Gasteiger partial charge in [-0.15, -0.1) is 0 Å². The first-order valence-corrected chi connectivity index (χ1v) is 5.31. The van der Waals surface area contributed by atoms with Crippen LogP contribution in [0.3, 0.4) is 0 Å². The maximum atomic E-state index is 3.40. The predicted molar refractivity (Wildman–Crippen MR) is 59.2 cm³/mol. The van der Waals surface area contributed by atoms with E-state index in [1.807, 2.05) is 0 Å². The standard InChI is InChI=1S/C12H18N2/c1-14(12-7-8-13-9-12)10-11-5-3-2-4-6-11/h2-6,12-13H,7-10H2,1H3/t12-/m0/s1. The number of likely N-dealkylation sites (N-methyl/N-ethyl adjacent to an activating group) is 1. The molecule has 1 atom stereocenters. The summed E-state index contributed by atoms with van der Waals surface area (Å²) < 4.78 is 0. The van der Waals surface area contributed by atoms with Crippen molar-refractivity contribution in [2.45, 2.75) is 19.0 Å². The van der Waals surface area contributed by atoms with E-state index in [1.165, 1.54) is 18.5 Å². The fourth-order valence-electron chi connectivity index (χ4n) is 2.02. The fraction of sp³-hybridized carbons (Fsp3) is 0.500. The fourth-order valence-corrected chi connectivity index (χ4v) is 2.02. The lowest BCUT2D eigenvalue weighted by Gasteiger charge is -2.23. The smallest absolute Gasteiger partial charge is 0.0234 e. The second-order valence-electron chi connectivity index (χ2n) is 4.05. The zero-order valence-corrected chi connectivity index (χ0v) is 8.74. The van der Waals surface area contributed by atoms with Crippen LogP contribution in [0.25, 0.3) is 0 Å². The van der Waals surface area contributed by atoms with Crippen molar-refractivity contribution in [3.8, 4) is 0 Å². The molecule has 0 aliphatic carbocycles. The van der Waals surface area contributed by atoms with Crippen LogP contribution < -0.4 is 5.32 Å². The minimum Gasteiger partial charge on any atom is -0.315 e. The summed E-state index contributed by atoms with van der Waals surface area (Å²) in [6.07, 6.45) is 1.28. The minimum absolute atomic E-state index is 0.718. The molecule has 0 spiro atoms. The highest BCUT2D eigenvalue weighted by molar-refractivity contribution is 5.14. The molecule has 2 rings (SSSR count). The van der Waals surface area contributed by atoms with Crippen LogP contribution in [0.15, 0.2) is 30.3 Å². The van der Waals surface area contributed by atoms with Gasteiger partial charge < -0.3 is 5.32 Å². The van der Waals surface area contributed by atoms with Crippen molar-refractivity contribution in [1.82, 2.24) is 10.2 Å². The molecule has 76 valence electrons. The van der Waals surface area contributed by atoms with E-state index in [1.54, 1.807) is 0 Å². The summed E-state index contributed by atoms with van der Waals surface area (Å²) >= 11 is 0. The number of rotatable bonds is 3. The van der Waals surface area contributed by atoms with Gasteiger partial charge in [0.15, 0.2) is 0 Å². The predicted octanol–water partition coefficient (Wildman–Crippen LogP) is 1.48. The van der Waals surface area contributed by atoms with Crippen molar-refractivity contribution < 1.29 is 0 Å². The zero-order chi connectivity index (χ0) is 9.80. The Labute approximate surface area is 85.9 Å². The average molecular weight is 190 g/mol. The van der Waals surface area contributed by atoms with E-state index in [2.05, 4.69) is 47.6 Å². The maximum absolute atomic E-state index is 3.40. The van der Waals surface area contributed by atoms with Crippen LogP contribution in [0.5, 0.6) is 0 Å². The van der Waals surface area contributed by atoms with Crippen molar-refractivity contribution in [3.63, 3.8) is 0 Å². The first-order chi connectivity index (χ1) is 6.86. The van der Waals surface area contributed by atoms with Gasteiger partial charge in [-0.25, -0.2) is 0 Å². The van der Waals surface area contributed by atoms with Gasteiger partial charge >= 0.3 is 0 Å². The van der Waals surface area contributed by atoms with Gasteiger partial charge in [-0.1, -0.05) is 30.3 Å². The Hall–Kier alpha value is -0.860. The molecular formula is C12H18N2. The molecule has 1 N–H and O–H groups in total. The number of hydrogen-bond donors (Lipinski definition) is 1. The van der Waals surface area contributed by atoms with Crippen LogP contribution in [-0.2, 0) is 6.54 Å². The Morgan fingerprint density at radius 1 is 1.36 bits per heavy atom. The molecule has 0 unspecified atom stereocenters. The molecule has 1 fully saturated rings. The lowest BCUT2D eigenvalue weighted by molar-refractivity contribution is 0.249. The second kappa shape index (κ2) is 4.58. The Morgan fingerprint density at radius 3 is 2.79 bits per heavy atom. The molecular weight excluding hydrogens is 172 g/mol. The maximum Gasteiger partial charge on any atom is 0.0234 e. The lowest BCUT2D eigenvalue weighted by atomic mass is 10.1. The summed E-state index contributed by atoms with van der Waals surface area (Å²) in [5.74, 6) is 0. The van der Waals surface area contributed by atoms with Crippen LogP contribution >= 0.6 is 0 Å². The van der Waals surface area contributed by atoms with E-state index in [0.29, 0.717) is 0 Å². The quantitative estimate of drug-likeness (QED) is 0.776. The largest absolute Gasteiger partial charge is 0.315 e. The molecule has 1 aliphatic rings. The van der Waals surface area contributed by atoms with Gasteiger partial charge in [-0.05, 0) is 25.6 Å². The summed E-state index contributed by atoms with van der Waals surface area (Å²) in [6, 6.07) is 11.4. The summed E-state index contributed by atoms with van der Waals surface area (Å²) in [5.41, 5.74) is 1.40. The zero-order valence-electron chi connectivity index (χ0n) is 8.74. The van der Waals surface area contributed by atoms with Crippen LogP contribution in [0.1, 0.15) is 12.0 Å². The van der Waals surface area contributed by atoms with E-state index in [0.717, 1.165) is 19.1 Å². The summed E-state index contributed by atoms with van der Waals surface area (Å²) in [4.78, 5) is 2.44. The van der Waals surface area contributed by atoms with Crippen molar-refractivity contribution in [3.05, 3.63) is 35.9 Å². The van der Waals surface area contributed by atoms with Crippen LogP contribution in [0.2, 0.25) is 0 Å². The highest BCUT2D eigenvalue weighted by atomic mass is 15.2. The van der Waals surface area contributed by atoms with Gasteiger partial charge in [0, 0.05) is 19.1 Å². The Balaban J connectivity index is 1.90. The van der Waals surface area contributed by atoms with Crippen molar-refractivity contribution in [2.75, 3.05) is 20.1 Å².